The second-order valence-electron chi connectivity index (χ2n) is 11.3. The molecule has 0 saturated carbocycles. The van der Waals surface area contributed by atoms with Crippen LogP contribution < -0.4 is 0 Å². The van der Waals surface area contributed by atoms with E-state index in [0.29, 0.717) is 32.1 Å². The van der Waals surface area contributed by atoms with Crippen LogP contribution in [0.25, 0.3) is 0 Å². The smallest absolute Gasteiger partial charge is 0.411 e. The number of hydrogen-bond acceptors (Lipinski definition) is 7. The third-order valence-corrected chi connectivity index (χ3v) is 7.98. The predicted octanol–water partition coefficient (Wildman–Crippen LogP) is 5.21. The molecule has 0 radical (unpaired) electrons. The number of carbonyl (C=O) groups is 2. The van der Waals surface area contributed by atoms with E-state index in [0.717, 1.165) is 17.1 Å². The number of ether oxygens (including phenoxy) is 3. The highest BCUT2D eigenvalue weighted by atomic mass is 16.6. The third-order valence-electron chi connectivity index (χ3n) is 7.98. The molecule has 0 N–H and O–H groups in total. The lowest BCUT2D eigenvalue weighted by molar-refractivity contribution is 0.0541. The molecule has 2 aliphatic heterocycles. The van der Waals surface area contributed by atoms with Gasteiger partial charge < -0.3 is 23.3 Å². The zero-order chi connectivity index (χ0) is 29.3. The molecule has 0 aliphatic carbocycles. The van der Waals surface area contributed by atoms with Crippen molar-refractivity contribution < 1.29 is 23.8 Å². The quantitative estimate of drug-likeness (QED) is 0.315. The molecule has 5 atom stereocenters. The number of aryl methyl sites for hydroxylation is 2. The van der Waals surface area contributed by atoms with E-state index in [9.17, 15) is 9.59 Å². The van der Waals surface area contributed by atoms with Crippen LogP contribution in [0.15, 0.2) is 48.9 Å². The molecule has 11 heteroatoms. The van der Waals surface area contributed by atoms with Crippen molar-refractivity contribution in [3.63, 3.8) is 0 Å². The van der Waals surface area contributed by atoms with Gasteiger partial charge in [0.25, 0.3) is 0 Å². The van der Waals surface area contributed by atoms with E-state index in [1.807, 2.05) is 93.4 Å². The van der Waals surface area contributed by atoms with Gasteiger partial charge in [-0.05, 0) is 53.5 Å². The van der Waals surface area contributed by atoms with Gasteiger partial charge in [0.05, 0.1) is 24.4 Å². The van der Waals surface area contributed by atoms with E-state index in [2.05, 4.69) is 4.98 Å². The van der Waals surface area contributed by atoms with Crippen LogP contribution in [-0.2, 0) is 34.1 Å². The number of nitrogens with zero attached hydrogens (tertiary/aromatic N) is 6. The Labute approximate surface area is 241 Å². The molecule has 5 rings (SSSR count). The van der Waals surface area contributed by atoms with Gasteiger partial charge in [0.1, 0.15) is 6.73 Å². The van der Waals surface area contributed by atoms with E-state index in [1.165, 1.54) is 0 Å². The first-order chi connectivity index (χ1) is 19.7. The van der Waals surface area contributed by atoms with Crippen LogP contribution >= 0.6 is 0 Å². The van der Waals surface area contributed by atoms with Gasteiger partial charge in [-0.15, -0.1) is 0 Å². The highest BCUT2D eigenvalue weighted by Gasteiger charge is 2.45. The van der Waals surface area contributed by atoms with E-state index < -0.39 is 12.2 Å². The van der Waals surface area contributed by atoms with E-state index in [-0.39, 0.29) is 36.4 Å². The number of benzene rings is 1. The minimum absolute atomic E-state index is 0.0358. The van der Waals surface area contributed by atoms with Gasteiger partial charge in [-0.1, -0.05) is 30.3 Å². The van der Waals surface area contributed by atoms with Crippen LogP contribution in [-0.4, -0.2) is 65.3 Å². The minimum Gasteiger partial charge on any atom is -0.436 e. The van der Waals surface area contributed by atoms with Crippen LogP contribution in [0.4, 0.5) is 9.59 Å². The van der Waals surface area contributed by atoms with Crippen molar-refractivity contribution in [3.05, 3.63) is 71.8 Å². The number of carbonyl (C=O) groups excluding carboxylic acids is 2. The van der Waals surface area contributed by atoms with Crippen LogP contribution in [0.5, 0.6) is 0 Å². The average Bonchev–Trinajstić information content (AvgIpc) is 3.68. The fraction of sp³-hybridized carbons (Fsp3) is 0.533. The topological polar surface area (TPSA) is 104 Å². The van der Waals surface area contributed by atoms with Gasteiger partial charge in [-0.3, -0.25) is 9.80 Å². The molecular formula is C30H40N6O5. The summed E-state index contributed by atoms with van der Waals surface area (Å²) in [6.45, 7) is 13.3. The zero-order valence-electron chi connectivity index (χ0n) is 24.6. The van der Waals surface area contributed by atoms with Crippen molar-refractivity contribution in [2.75, 3.05) is 0 Å². The molecule has 2 aliphatic rings. The lowest BCUT2D eigenvalue weighted by Crippen LogP contribution is -2.40. The normalized spacial score (nSPS) is 23.4. The van der Waals surface area contributed by atoms with Crippen molar-refractivity contribution in [1.82, 2.24) is 28.9 Å². The molecule has 2 saturated heterocycles. The first kappa shape index (κ1) is 28.7. The predicted molar refractivity (Wildman–Crippen MR) is 151 cm³/mol. The summed E-state index contributed by atoms with van der Waals surface area (Å²) >= 11 is 0. The number of amides is 2. The third kappa shape index (κ3) is 5.81. The Hall–Kier alpha value is -3.86. The van der Waals surface area contributed by atoms with E-state index >= 15 is 0 Å². The molecule has 0 bridgehead atoms. The number of cyclic esters (lactones) is 2. The molecule has 41 heavy (non-hydrogen) atoms. The van der Waals surface area contributed by atoms with Crippen molar-refractivity contribution in [3.8, 4) is 0 Å². The Morgan fingerprint density at radius 2 is 1.59 bits per heavy atom. The Bertz CT molecular complexity index is 1350. The minimum atomic E-state index is -0.507. The van der Waals surface area contributed by atoms with Gasteiger partial charge in [-0.2, -0.15) is 0 Å². The standard InChI is InChI=1S/C30H40N6O5/c1-19(2)35-22(5)26(41-29(35)37)28-32-20(3)16-33(28)14-12-21(4)36-23(6)25(40-30(36)38)27-31-13-15-34(27)18-39-17-24-10-8-7-9-11-24/h7-11,13,15-16,19,21-23,25-26H,12,14,17-18H2,1-6H3/t21?,22-,23-,25-,26-/m0/s1. The maximum absolute atomic E-state index is 13.1. The second-order valence-corrected chi connectivity index (χ2v) is 11.3. The summed E-state index contributed by atoms with van der Waals surface area (Å²) in [6, 6.07) is 9.56. The molecule has 0 spiro atoms. The van der Waals surface area contributed by atoms with Crippen LogP contribution in [0.2, 0.25) is 0 Å². The molecule has 3 aromatic rings. The summed E-state index contributed by atoms with van der Waals surface area (Å²) in [6.07, 6.45) is 4.56. The zero-order valence-corrected chi connectivity index (χ0v) is 24.6. The summed E-state index contributed by atoms with van der Waals surface area (Å²) in [5.41, 5.74) is 1.94. The van der Waals surface area contributed by atoms with Gasteiger partial charge in [0.2, 0.25) is 0 Å². The monoisotopic (exact) mass is 564 g/mol. The largest absolute Gasteiger partial charge is 0.436 e. The number of hydrogen-bond donors (Lipinski definition) is 0. The lowest BCUT2D eigenvalue weighted by atomic mass is 10.1. The molecule has 1 unspecified atom stereocenters. The summed E-state index contributed by atoms with van der Waals surface area (Å²) in [5.74, 6) is 1.39. The Morgan fingerprint density at radius 1 is 0.927 bits per heavy atom. The van der Waals surface area contributed by atoms with E-state index in [4.69, 9.17) is 19.2 Å². The fourth-order valence-electron chi connectivity index (χ4n) is 5.92. The first-order valence-electron chi connectivity index (χ1n) is 14.3. The lowest BCUT2D eigenvalue weighted by Gasteiger charge is -2.28. The van der Waals surface area contributed by atoms with Crippen molar-refractivity contribution >= 4 is 12.2 Å². The molecule has 1 aromatic carbocycles. The Kier molecular flexibility index (Phi) is 8.35. The molecule has 2 aromatic heterocycles. The number of rotatable bonds is 11. The van der Waals surface area contributed by atoms with Crippen molar-refractivity contribution in [2.45, 2.75) is 104 Å². The fourth-order valence-corrected chi connectivity index (χ4v) is 5.92. The number of imidazole rings is 2. The highest BCUT2D eigenvalue weighted by molar-refractivity contribution is 5.71. The summed E-state index contributed by atoms with van der Waals surface area (Å²) in [5, 5.41) is 0. The van der Waals surface area contributed by atoms with Crippen molar-refractivity contribution in [2.24, 2.45) is 0 Å². The van der Waals surface area contributed by atoms with Gasteiger partial charge in [0.15, 0.2) is 23.9 Å². The Balaban J connectivity index is 1.22. The maximum Gasteiger partial charge on any atom is 0.411 e. The Morgan fingerprint density at radius 3 is 2.27 bits per heavy atom. The average molecular weight is 565 g/mol. The van der Waals surface area contributed by atoms with Crippen LogP contribution in [0, 0.1) is 6.92 Å². The summed E-state index contributed by atoms with van der Waals surface area (Å²) in [4.78, 5) is 38.3. The van der Waals surface area contributed by atoms with Gasteiger partial charge >= 0.3 is 12.2 Å². The van der Waals surface area contributed by atoms with Gasteiger partial charge in [0, 0.05) is 37.2 Å². The second kappa shape index (κ2) is 11.9. The molecular weight excluding hydrogens is 524 g/mol. The molecule has 4 heterocycles. The summed E-state index contributed by atoms with van der Waals surface area (Å²) in [7, 11) is 0. The van der Waals surface area contributed by atoms with Gasteiger partial charge in [-0.25, -0.2) is 19.6 Å². The van der Waals surface area contributed by atoms with Crippen molar-refractivity contribution in [1.29, 1.82) is 0 Å². The van der Waals surface area contributed by atoms with E-state index in [1.54, 1.807) is 16.0 Å². The molecule has 11 nitrogen and oxygen atoms in total. The SMILES string of the molecule is Cc1cn(CCC(C)N2C(=O)O[C@H](c3nccn3COCc3ccccc3)[C@@H]2C)c([C@H]2OC(=O)N(C(C)C)[C@H]2C)n1. The van der Waals surface area contributed by atoms with Crippen LogP contribution in [0.3, 0.4) is 0 Å². The van der Waals surface area contributed by atoms with Crippen LogP contribution in [0.1, 0.15) is 76.2 Å². The number of aromatic nitrogens is 4. The summed E-state index contributed by atoms with van der Waals surface area (Å²) < 4.78 is 21.4. The maximum atomic E-state index is 13.1. The molecule has 2 amide bonds. The highest BCUT2D eigenvalue weighted by Crippen LogP contribution is 2.35. The first-order valence-corrected chi connectivity index (χ1v) is 14.3. The molecule has 220 valence electrons. The molecule has 2 fully saturated rings.